The monoisotopic (exact) mass is 392 g/mol. The van der Waals surface area contributed by atoms with Gasteiger partial charge in [0, 0.05) is 16.7 Å². The van der Waals surface area contributed by atoms with Gasteiger partial charge in [-0.15, -0.1) is 0 Å². The van der Waals surface area contributed by atoms with Gasteiger partial charge in [0.25, 0.3) is 0 Å². The van der Waals surface area contributed by atoms with Crippen molar-refractivity contribution in [2.24, 2.45) is 34.5 Å². The number of hydrogen-bond acceptors (Lipinski definition) is 5. The van der Waals surface area contributed by atoms with Gasteiger partial charge < -0.3 is 15.3 Å². The van der Waals surface area contributed by atoms with E-state index in [1.165, 1.54) is 12.2 Å². The topological polar surface area (TPSA) is 94.8 Å². The summed E-state index contributed by atoms with van der Waals surface area (Å²) >= 11 is 0. The van der Waals surface area contributed by atoms with E-state index >= 15 is 4.39 Å². The van der Waals surface area contributed by atoms with Crippen molar-refractivity contribution in [3.05, 3.63) is 23.8 Å². The molecule has 9 atom stereocenters. The van der Waals surface area contributed by atoms with Gasteiger partial charge in [-0.25, -0.2) is 4.39 Å². The molecule has 3 saturated carbocycles. The second kappa shape index (κ2) is 6.07. The summed E-state index contributed by atoms with van der Waals surface area (Å²) in [5.41, 5.74) is -3.00. The van der Waals surface area contributed by atoms with Crippen molar-refractivity contribution in [2.75, 3.05) is 6.61 Å². The van der Waals surface area contributed by atoms with Crippen LogP contribution in [-0.4, -0.2) is 51.4 Å². The van der Waals surface area contributed by atoms with Crippen molar-refractivity contribution >= 4 is 11.6 Å². The molecular formula is C22H29FO5. The number of hydrogen-bond donors (Lipinski definition) is 3. The van der Waals surface area contributed by atoms with Crippen molar-refractivity contribution < 1.29 is 29.3 Å². The fourth-order valence-electron chi connectivity index (χ4n) is 7.38. The smallest absolute Gasteiger partial charge is 0.190 e. The Morgan fingerprint density at radius 3 is 2.64 bits per heavy atom. The SMILES string of the molecule is CC1CC2C3CC(F)C4=CC(=O)C=C[C@]4(C)C3C(O)C[C@]2(C)[C@@]1(O)C(=O)CO. The van der Waals surface area contributed by atoms with Crippen molar-refractivity contribution in [1.82, 2.24) is 0 Å². The number of fused-ring (bicyclic) bond motifs is 5. The van der Waals surface area contributed by atoms with Gasteiger partial charge >= 0.3 is 0 Å². The van der Waals surface area contributed by atoms with Crippen LogP contribution in [0.4, 0.5) is 4.39 Å². The number of carbonyl (C=O) groups excluding carboxylic acids is 2. The van der Waals surface area contributed by atoms with Gasteiger partial charge in [0.1, 0.15) is 18.4 Å². The van der Waals surface area contributed by atoms with Gasteiger partial charge in [0.15, 0.2) is 11.6 Å². The Hall–Kier alpha value is -1.37. The molecule has 0 aliphatic heterocycles. The summed E-state index contributed by atoms with van der Waals surface area (Å²) in [6, 6.07) is 0. The summed E-state index contributed by atoms with van der Waals surface area (Å²) in [5.74, 6) is -1.92. The zero-order valence-corrected chi connectivity index (χ0v) is 16.6. The zero-order chi connectivity index (χ0) is 20.6. The second-order valence-electron chi connectivity index (χ2n) is 9.79. The number of alkyl halides is 1. The average molecular weight is 392 g/mol. The Balaban J connectivity index is 1.81. The third-order valence-corrected chi connectivity index (χ3v) is 8.63. The highest BCUT2D eigenvalue weighted by Crippen LogP contribution is 2.68. The van der Waals surface area contributed by atoms with E-state index in [9.17, 15) is 24.9 Å². The first-order valence-corrected chi connectivity index (χ1v) is 10.1. The Labute approximate surface area is 164 Å². The highest BCUT2D eigenvalue weighted by atomic mass is 19.1. The maximum Gasteiger partial charge on any atom is 0.190 e. The molecule has 6 heteroatoms. The molecule has 0 amide bonds. The lowest BCUT2D eigenvalue weighted by molar-refractivity contribution is -0.185. The van der Waals surface area contributed by atoms with Crippen LogP contribution in [0.15, 0.2) is 23.8 Å². The zero-order valence-electron chi connectivity index (χ0n) is 16.6. The van der Waals surface area contributed by atoms with E-state index in [2.05, 4.69) is 0 Å². The van der Waals surface area contributed by atoms with Crippen LogP contribution in [0.2, 0.25) is 0 Å². The van der Waals surface area contributed by atoms with Crippen LogP contribution < -0.4 is 0 Å². The number of carbonyl (C=O) groups is 2. The molecule has 0 heterocycles. The van der Waals surface area contributed by atoms with E-state index < -0.39 is 41.1 Å². The lowest BCUT2D eigenvalue weighted by Crippen LogP contribution is -2.63. The van der Waals surface area contributed by atoms with E-state index in [1.807, 2.05) is 6.92 Å². The van der Waals surface area contributed by atoms with Crippen LogP contribution in [0.25, 0.3) is 0 Å². The maximum absolute atomic E-state index is 15.2. The molecule has 3 N–H and O–H groups in total. The molecule has 4 rings (SSSR count). The van der Waals surface area contributed by atoms with E-state index in [1.54, 1.807) is 19.9 Å². The first-order valence-electron chi connectivity index (χ1n) is 10.1. The molecule has 3 fully saturated rings. The van der Waals surface area contributed by atoms with Crippen molar-refractivity contribution in [3.63, 3.8) is 0 Å². The normalized spacial score (nSPS) is 52.5. The molecule has 154 valence electrons. The van der Waals surface area contributed by atoms with Gasteiger partial charge in [-0.1, -0.05) is 26.8 Å². The molecule has 0 aromatic rings. The highest BCUT2D eigenvalue weighted by molar-refractivity contribution is 6.01. The van der Waals surface area contributed by atoms with E-state index in [-0.39, 0.29) is 42.3 Å². The molecule has 6 unspecified atom stereocenters. The number of Topliss-reactive ketones (excluding diaryl/α,β-unsaturated/α-hetero) is 1. The number of ketones is 2. The summed E-state index contributed by atoms with van der Waals surface area (Å²) in [6.07, 6.45) is 3.29. The first kappa shape index (κ1) is 19.9. The number of aliphatic hydroxyl groups excluding tert-OH is 2. The standard InChI is InChI=1S/C22H29FO5/c1-11-6-14-13-8-16(23)15-7-12(25)4-5-20(15,2)19(13)17(26)9-21(14,3)22(11,28)18(27)10-24/h4-5,7,11,13-14,16-17,19,24,26,28H,6,8-10H2,1-3H3/t11?,13?,14?,16?,17?,19?,20-,21-,22-/m0/s1. The third kappa shape index (κ3) is 2.22. The number of halogens is 1. The minimum absolute atomic E-state index is 0.154. The summed E-state index contributed by atoms with van der Waals surface area (Å²) in [7, 11) is 0. The highest BCUT2D eigenvalue weighted by Gasteiger charge is 2.71. The number of allylic oxidation sites excluding steroid dienone is 4. The summed E-state index contributed by atoms with van der Waals surface area (Å²) in [5, 5.41) is 32.1. The Bertz CT molecular complexity index is 790. The van der Waals surface area contributed by atoms with Crippen molar-refractivity contribution in [2.45, 2.75) is 57.9 Å². The van der Waals surface area contributed by atoms with Gasteiger partial charge in [-0.2, -0.15) is 0 Å². The quantitative estimate of drug-likeness (QED) is 0.666. The number of rotatable bonds is 2. The van der Waals surface area contributed by atoms with Gasteiger partial charge in [-0.3, -0.25) is 9.59 Å². The lowest BCUT2D eigenvalue weighted by atomic mass is 9.46. The minimum atomic E-state index is -1.74. The Kier molecular flexibility index (Phi) is 4.32. The summed E-state index contributed by atoms with van der Waals surface area (Å²) in [4.78, 5) is 24.4. The largest absolute Gasteiger partial charge is 0.393 e. The molecular weight excluding hydrogens is 363 g/mol. The third-order valence-electron chi connectivity index (χ3n) is 8.63. The molecule has 4 aliphatic carbocycles. The average Bonchev–Trinajstić information content (AvgIpc) is 2.83. The Morgan fingerprint density at radius 1 is 1.32 bits per heavy atom. The van der Waals surface area contributed by atoms with Crippen LogP contribution in [-0.2, 0) is 9.59 Å². The fraction of sp³-hybridized carbons (Fsp3) is 0.727. The molecule has 5 nitrogen and oxygen atoms in total. The summed E-state index contributed by atoms with van der Waals surface area (Å²) in [6.45, 7) is 4.71. The second-order valence-corrected chi connectivity index (χ2v) is 9.79. The van der Waals surface area contributed by atoms with Crippen LogP contribution in [0.1, 0.15) is 40.0 Å². The Morgan fingerprint density at radius 2 is 2.00 bits per heavy atom. The summed E-state index contributed by atoms with van der Waals surface area (Å²) < 4.78 is 15.2. The van der Waals surface area contributed by atoms with Crippen LogP contribution in [0.3, 0.4) is 0 Å². The molecule has 0 radical (unpaired) electrons. The van der Waals surface area contributed by atoms with E-state index in [4.69, 9.17) is 0 Å². The lowest BCUT2D eigenvalue weighted by Gasteiger charge is -2.60. The van der Waals surface area contributed by atoms with E-state index in [0.717, 1.165) is 0 Å². The maximum atomic E-state index is 15.2. The molecule has 0 spiro atoms. The number of aliphatic hydroxyl groups is 3. The minimum Gasteiger partial charge on any atom is -0.393 e. The molecule has 0 saturated heterocycles. The molecule has 0 aromatic heterocycles. The van der Waals surface area contributed by atoms with Gasteiger partial charge in [0.05, 0.1) is 6.10 Å². The molecule has 0 aromatic carbocycles. The van der Waals surface area contributed by atoms with Crippen molar-refractivity contribution in [1.29, 1.82) is 0 Å². The van der Waals surface area contributed by atoms with Crippen LogP contribution >= 0.6 is 0 Å². The van der Waals surface area contributed by atoms with Crippen molar-refractivity contribution in [3.8, 4) is 0 Å². The van der Waals surface area contributed by atoms with Gasteiger partial charge in [-0.05, 0) is 54.7 Å². The first-order chi connectivity index (χ1) is 13.0. The van der Waals surface area contributed by atoms with Gasteiger partial charge in [0.2, 0.25) is 0 Å². The molecule has 0 bridgehead atoms. The predicted octanol–water partition coefficient (Wildman–Crippen LogP) is 1.75. The fourth-order valence-corrected chi connectivity index (χ4v) is 7.38. The van der Waals surface area contributed by atoms with Crippen LogP contribution in [0, 0.1) is 34.5 Å². The predicted molar refractivity (Wildman–Crippen MR) is 99.9 cm³/mol. The molecule has 28 heavy (non-hydrogen) atoms. The molecule has 4 aliphatic rings. The van der Waals surface area contributed by atoms with E-state index in [0.29, 0.717) is 12.0 Å². The van der Waals surface area contributed by atoms with Crippen LogP contribution in [0.5, 0.6) is 0 Å².